The van der Waals surface area contributed by atoms with Gasteiger partial charge in [-0.3, -0.25) is 0 Å². The van der Waals surface area contributed by atoms with Crippen molar-refractivity contribution in [3.8, 4) is 11.6 Å². The fourth-order valence-corrected chi connectivity index (χ4v) is 1.44. The van der Waals surface area contributed by atoms with Crippen LogP contribution in [0.25, 0.3) is 0 Å². The minimum Gasteiger partial charge on any atom is -0.437 e. The Balaban J connectivity index is 2.16. The number of aromatic nitrogens is 2. The SMILES string of the molecule is OCc1ccc(Oc2ccc(Cl)c(Cl)c2)nn1. The van der Waals surface area contributed by atoms with Crippen molar-refractivity contribution in [1.29, 1.82) is 0 Å². The van der Waals surface area contributed by atoms with Crippen molar-refractivity contribution in [3.05, 3.63) is 46.1 Å². The largest absolute Gasteiger partial charge is 0.437 e. The summed E-state index contributed by atoms with van der Waals surface area (Å²) in [5, 5.41) is 17.2. The monoisotopic (exact) mass is 270 g/mol. The maximum absolute atomic E-state index is 8.81. The summed E-state index contributed by atoms with van der Waals surface area (Å²) >= 11 is 11.6. The van der Waals surface area contributed by atoms with E-state index in [1.165, 1.54) is 0 Å². The number of nitrogens with zero attached hydrogens (tertiary/aromatic N) is 2. The van der Waals surface area contributed by atoms with Crippen LogP contribution in [0.3, 0.4) is 0 Å². The molecule has 1 heterocycles. The summed E-state index contributed by atoms with van der Waals surface area (Å²) in [5.41, 5.74) is 0.478. The average molecular weight is 271 g/mol. The molecule has 0 spiro atoms. The fourth-order valence-electron chi connectivity index (χ4n) is 1.15. The van der Waals surface area contributed by atoms with Crippen molar-refractivity contribution in [2.45, 2.75) is 6.61 Å². The van der Waals surface area contributed by atoms with Gasteiger partial charge in [0.25, 0.3) is 0 Å². The van der Waals surface area contributed by atoms with Gasteiger partial charge in [0, 0.05) is 12.1 Å². The lowest BCUT2D eigenvalue weighted by molar-refractivity contribution is 0.274. The first-order valence-corrected chi connectivity index (χ1v) is 5.51. The summed E-state index contributed by atoms with van der Waals surface area (Å²) in [6.07, 6.45) is 0. The van der Waals surface area contributed by atoms with Crippen LogP contribution >= 0.6 is 23.2 Å². The minimum absolute atomic E-state index is 0.153. The lowest BCUT2D eigenvalue weighted by Crippen LogP contribution is -1.94. The number of hydrogen-bond acceptors (Lipinski definition) is 4. The lowest BCUT2D eigenvalue weighted by Gasteiger charge is -2.05. The number of benzene rings is 1. The Morgan fingerprint density at radius 2 is 1.88 bits per heavy atom. The quantitative estimate of drug-likeness (QED) is 0.932. The lowest BCUT2D eigenvalue weighted by atomic mass is 10.3. The molecule has 1 N–H and O–H groups in total. The number of halogens is 2. The molecular formula is C11H8Cl2N2O2. The van der Waals surface area contributed by atoms with E-state index in [2.05, 4.69) is 10.2 Å². The van der Waals surface area contributed by atoms with Crippen LogP contribution in [0, 0.1) is 0 Å². The van der Waals surface area contributed by atoms with Crippen LogP contribution in [0.1, 0.15) is 5.69 Å². The Bertz CT molecular complexity index is 517. The molecule has 0 aliphatic heterocycles. The molecule has 0 fully saturated rings. The van der Waals surface area contributed by atoms with Gasteiger partial charge in [0.2, 0.25) is 5.88 Å². The third kappa shape index (κ3) is 3.06. The highest BCUT2D eigenvalue weighted by Crippen LogP contribution is 2.28. The van der Waals surface area contributed by atoms with E-state index in [9.17, 15) is 0 Å². The van der Waals surface area contributed by atoms with Crippen LogP contribution in [0.15, 0.2) is 30.3 Å². The van der Waals surface area contributed by atoms with Gasteiger partial charge in [-0.2, -0.15) is 0 Å². The summed E-state index contributed by atoms with van der Waals surface area (Å²) < 4.78 is 5.42. The second kappa shape index (κ2) is 5.31. The molecule has 2 aromatic rings. The molecule has 88 valence electrons. The minimum atomic E-state index is -0.153. The standard InChI is InChI=1S/C11H8Cl2N2O2/c12-9-3-2-8(5-10(9)13)17-11-4-1-7(6-16)14-15-11/h1-5,16H,6H2. The molecule has 0 amide bonds. The maximum Gasteiger partial charge on any atom is 0.238 e. The molecule has 1 aromatic heterocycles. The molecule has 0 unspecified atom stereocenters. The third-order valence-corrected chi connectivity index (χ3v) is 2.71. The summed E-state index contributed by atoms with van der Waals surface area (Å²) in [7, 11) is 0. The molecule has 0 saturated heterocycles. The zero-order chi connectivity index (χ0) is 12.3. The van der Waals surface area contributed by atoms with Crippen LogP contribution in [0.2, 0.25) is 10.0 Å². The zero-order valence-electron chi connectivity index (χ0n) is 8.60. The second-order valence-electron chi connectivity index (χ2n) is 3.20. The predicted molar refractivity (Wildman–Crippen MR) is 64.5 cm³/mol. The van der Waals surface area contributed by atoms with Gasteiger partial charge in [-0.15, -0.1) is 10.2 Å². The van der Waals surface area contributed by atoms with Gasteiger partial charge < -0.3 is 9.84 Å². The number of ether oxygens (including phenoxy) is 1. The number of hydrogen-bond donors (Lipinski definition) is 1. The molecule has 4 nitrogen and oxygen atoms in total. The number of rotatable bonds is 3. The van der Waals surface area contributed by atoms with E-state index in [1.54, 1.807) is 30.3 Å². The fraction of sp³-hybridized carbons (Fsp3) is 0.0909. The molecule has 0 aliphatic rings. The van der Waals surface area contributed by atoms with Crippen molar-refractivity contribution in [2.75, 3.05) is 0 Å². The van der Waals surface area contributed by atoms with Crippen molar-refractivity contribution < 1.29 is 9.84 Å². The molecule has 0 radical (unpaired) electrons. The number of aliphatic hydroxyl groups is 1. The van der Waals surface area contributed by atoms with Gasteiger partial charge in [-0.05, 0) is 18.2 Å². The van der Waals surface area contributed by atoms with E-state index in [4.69, 9.17) is 33.0 Å². The van der Waals surface area contributed by atoms with Crippen LogP contribution in [0.5, 0.6) is 11.6 Å². The Hall–Kier alpha value is -1.36. The molecule has 2 rings (SSSR count). The Labute approximate surface area is 108 Å². The topological polar surface area (TPSA) is 55.2 Å². The average Bonchev–Trinajstić information content (AvgIpc) is 2.35. The van der Waals surface area contributed by atoms with E-state index in [-0.39, 0.29) is 6.61 Å². The molecular weight excluding hydrogens is 263 g/mol. The van der Waals surface area contributed by atoms with E-state index < -0.39 is 0 Å². The van der Waals surface area contributed by atoms with Crippen molar-refractivity contribution in [1.82, 2.24) is 10.2 Å². The zero-order valence-corrected chi connectivity index (χ0v) is 10.1. The smallest absolute Gasteiger partial charge is 0.238 e. The normalized spacial score (nSPS) is 10.3. The van der Waals surface area contributed by atoms with E-state index in [1.807, 2.05) is 0 Å². The van der Waals surface area contributed by atoms with E-state index in [0.29, 0.717) is 27.4 Å². The van der Waals surface area contributed by atoms with Crippen LogP contribution < -0.4 is 4.74 Å². The van der Waals surface area contributed by atoms with Crippen molar-refractivity contribution in [3.63, 3.8) is 0 Å². The van der Waals surface area contributed by atoms with Crippen molar-refractivity contribution in [2.24, 2.45) is 0 Å². The third-order valence-electron chi connectivity index (χ3n) is 1.97. The van der Waals surface area contributed by atoms with Crippen LogP contribution in [0.4, 0.5) is 0 Å². The summed E-state index contributed by atoms with van der Waals surface area (Å²) in [5.74, 6) is 0.839. The molecule has 0 aliphatic carbocycles. The second-order valence-corrected chi connectivity index (χ2v) is 4.01. The summed E-state index contributed by atoms with van der Waals surface area (Å²) in [6, 6.07) is 8.14. The number of aliphatic hydroxyl groups excluding tert-OH is 1. The Morgan fingerprint density at radius 3 is 2.47 bits per heavy atom. The first-order valence-electron chi connectivity index (χ1n) is 4.75. The highest BCUT2D eigenvalue weighted by atomic mass is 35.5. The molecule has 17 heavy (non-hydrogen) atoms. The van der Waals surface area contributed by atoms with Crippen molar-refractivity contribution >= 4 is 23.2 Å². The molecule has 1 aromatic carbocycles. The highest BCUT2D eigenvalue weighted by molar-refractivity contribution is 6.42. The Kier molecular flexibility index (Phi) is 3.78. The highest BCUT2D eigenvalue weighted by Gasteiger charge is 2.03. The maximum atomic E-state index is 8.81. The molecule has 0 bridgehead atoms. The first kappa shape index (κ1) is 12.1. The van der Waals surface area contributed by atoms with Gasteiger partial charge in [-0.1, -0.05) is 23.2 Å². The van der Waals surface area contributed by atoms with E-state index >= 15 is 0 Å². The molecule has 0 saturated carbocycles. The van der Waals surface area contributed by atoms with E-state index in [0.717, 1.165) is 0 Å². The van der Waals surface area contributed by atoms with Crippen LogP contribution in [-0.2, 0) is 6.61 Å². The predicted octanol–water partition coefficient (Wildman–Crippen LogP) is 3.07. The molecule has 0 atom stereocenters. The van der Waals surface area contributed by atoms with Gasteiger partial charge in [-0.25, -0.2) is 0 Å². The van der Waals surface area contributed by atoms with Gasteiger partial charge in [0.15, 0.2) is 0 Å². The summed E-state index contributed by atoms with van der Waals surface area (Å²) in [4.78, 5) is 0. The van der Waals surface area contributed by atoms with Gasteiger partial charge >= 0.3 is 0 Å². The molecule has 6 heteroatoms. The first-order chi connectivity index (χ1) is 8.19. The summed E-state index contributed by atoms with van der Waals surface area (Å²) in [6.45, 7) is -0.153. The van der Waals surface area contributed by atoms with Gasteiger partial charge in [0.1, 0.15) is 5.75 Å². The Morgan fingerprint density at radius 1 is 1.06 bits per heavy atom. The van der Waals surface area contributed by atoms with Gasteiger partial charge in [0.05, 0.1) is 22.3 Å². The van der Waals surface area contributed by atoms with Crippen LogP contribution in [-0.4, -0.2) is 15.3 Å².